The zero-order chi connectivity index (χ0) is 13.1. The average Bonchev–Trinajstić information content (AvgIpc) is 2.84. The van der Waals surface area contributed by atoms with E-state index in [9.17, 15) is 4.79 Å². The zero-order valence-electron chi connectivity index (χ0n) is 9.78. The number of urea groups is 1. The van der Waals surface area contributed by atoms with E-state index in [0.29, 0.717) is 11.3 Å². The Labute approximate surface area is 120 Å². The van der Waals surface area contributed by atoms with E-state index in [0.717, 1.165) is 30.4 Å². The fraction of sp³-hybridized carbons (Fsp3) is 0.333. The number of nitrogens with two attached hydrogens (primary N) is 1. The molecule has 0 bridgehead atoms. The van der Waals surface area contributed by atoms with Crippen LogP contribution in [0, 0.1) is 0 Å². The first-order valence-corrected chi connectivity index (χ1v) is 6.93. The molecule has 6 heteroatoms. The largest absolute Gasteiger partial charge is 0.389 e. The molecule has 96 valence electrons. The first-order chi connectivity index (χ1) is 8.58. The number of thiocarbonyl (C=S) groups is 1. The molecule has 1 aliphatic heterocycles. The Balaban J connectivity index is 2.17. The van der Waals surface area contributed by atoms with Crippen LogP contribution < -0.4 is 11.1 Å². The Morgan fingerprint density at radius 2 is 2.06 bits per heavy atom. The summed E-state index contributed by atoms with van der Waals surface area (Å²) in [6.07, 6.45) is 2.13. The van der Waals surface area contributed by atoms with Crippen molar-refractivity contribution in [1.29, 1.82) is 0 Å². The lowest BCUT2D eigenvalue weighted by molar-refractivity contribution is 0.222. The Bertz CT molecular complexity index is 486. The Morgan fingerprint density at radius 1 is 1.39 bits per heavy atom. The number of halogens is 1. The maximum Gasteiger partial charge on any atom is 0.321 e. The summed E-state index contributed by atoms with van der Waals surface area (Å²) in [6.45, 7) is 1.62. The number of hydrogen-bond donors (Lipinski definition) is 2. The van der Waals surface area contributed by atoms with Crippen molar-refractivity contribution < 1.29 is 4.79 Å². The second-order valence-electron chi connectivity index (χ2n) is 4.18. The number of carbonyl (C=O) groups excluding carboxylic acids is 1. The molecule has 2 rings (SSSR count). The van der Waals surface area contributed by atoms with Crippen molar-refractivity contribution in [2.24, 2.45) is 5.73 Å². The molecule has 1 fully saturated rings. The van der Waals surface area contributed by atoms with Gasteiger partial charge in [-0.2, -0.15) is 0 Å². The molecule has 3 N–H and O–H groups in total. The second kappa shape index (κ2) is 5.67. The first-order valence-electron chi connectivity index (χ1n) is 5.73. The van der Waals surface area contributed by atoms with Gasteiger partial charge in [-0.1, -0.05) is 28.1 Å². The van der Waals surface area contributed by atoms with Gasteiger partial charge in [0.15, 0.2) is 0 Å². The van der Waals surface area contributed by atoms with Gasteiger partial charge in [-0.25, -0.2) is 4.79 Å². The number of nitrogens with one attached hydrogen (secondary N) is 1. The van der Waals surface area contributed by atoms with Crippen molar-refractivity contribution >= 4 is 44.9 Å². The van der Waals surface area contributed by atoms with Crippen molar-refractivity contribution in [3.05, 3.63) is 28.2 Å². The summed E-state index contributed by atoms with van der Waals surface area (Å²) in [5, 5.41) is 2.86. The number of hydrogen-bond acceptors (Lipinski definition) is 2. The summed E-state index contributed by atoms with van der Waals surface area (Å²) < 4.78 is 0.879. The SMILES string of the molecule is NC(=S)c1cc(Br)ccc1NC(=O)N1CCCC1. The summed E-state index contributed by atoms with van der Waals surface area (Å²) in [6, 6.07) is 5.36. The lowest BCUT2D eigenvalue weighted by Gasteiger charge is -2.17. The van der Waals surface area contributed by atoms with E-state index in [-0.39, 0.29) is 11.0 Å². The lowest BCUT2D eigenvalue weighted by Crippen LogP contribution is -2.32. The number of likely N-dealkylation sites (tertiary alicyclic amines) is 1. The van der Waals surface area contributed by atoms with E-state index in [2.05, 4.69) is 21.2 Å². The number of anilines is 1. The molecule has 0 unspecified atom stereocenters. The monoisotopic (exact) mass is 327 g/mol. The molecule has 1 heterocycles. The maximum atomic E-state index is 12.0. The van der Waals surface area contributed by atoms with Gasteiger partial charge >= 0.3 is 6.03 Å². The third kappa shape index (κ3) is 3.00. The molecule has 18 heavy (non-hydrogen) atoms. The number of benzene rings is 1. The zero-order valence-corrected chi connectivity index (χ0v) is 12.2. The van der Waals surface area contributed by atoms with Gasteiger partial charge < -0.3 is 16.0 Å². The number of nitrogens with zero attached hydrogens (tertiary/aromatic N) is 1. The highest BCUT2D eigenvalue weighted by molar-refractivity contribution is 9.10. The van der Waals surface area contributed by atoms with Crippen LogP contribution in [0.1, 0.15) is 18.4 Å². The summed E-state index contributed by atoms with van der Waals surface area (Å²) in [4.78, 5) is 14.1. The fourth-order valence-electron chi connectivity index (χ4n) is 1.94. The highest BCUT2D eigenvalue weighted by Gasteiger charge is 2.19. The molecule has 1 saturated heterocycles. The van der Waals surface area contributed by atoms with E-state index in [1.165, 1.54) is 0 Å². The van der Waals surface area contributed by atoms with Gasteiger partial charge in [-0.3, -0.25) is 0 Å². The summed E-state index contributed by atoms with van der Waals surface area (Å²) >= 11 is 8.35. The van der Waals surface area contributed by atoms with Crippen molar-refractivity contribution in [1.82, 2.24) is 4.90 Å². The predicted octanol–water partition coefficient (Wildman–Crippen LogP) is 2.71. The third-order valence-corrected chi connectivity index (χ3v) is 3.60. The molecule has 1 aromatic carbocycles. The maximum absolute atomic E-state index is 12.0. The van der Waals surface area contributed by atoms with E-state index < -0.39 is 0 Å². The summed E-state index contributed by atoms with van der Waals surface area (Å²) in [5.74, 6) is 0. The van der Waals surface area contributed by atoms with Crippen LogP contribution in [0.3, 0.4) is 0 Å². The number of amides is 2. The van der Waals surface area contributed by atoms with E-state index in [4.69, 9.17) is 18.0 Å². The Kier molecular flexibility index (Phi) is 4.19. The molecule has 0 aromatic heterocycles. The number of carbonyl (C=O) groups is 1. The highest BCUT2D eigenvalue weighted by atomic mass is 79.9. The van der Waals surface area contributed by atoms with Crippen LogP contribution in [0.2, 0.25) is 0 Å². The quantitative estimate of drug-likeness (QED) is 0.821. The van der Waals surface area contributed by atoms with E-state index >= 15 is 0 Å². The van der Waals surface area contributed by atoms with Crippen molar-refractivity contribution in [2.45, 2.75) is 12.8 Å². The van der Waals surface area contributed by atoms with Gasteiger partial charge in [0.05, 0.1) is 5.69 Å². The van der Waals surface area contributed by atoms with Gasteiger partial charge in [0.25, 0.3) is 0 Å². The van der Waals surface area contributed by atoms with Crippen LogP contribution in [0.25, 0.3) is 0 Å². The lowest BCUT2D eigenvalue weighted by atomic mass is 10.2. The fourth-order valence-corrected chi connectivity index (χ4v) is 2.47. The second-order valence-corrected chi connectivity index (χ2v) is 5.53. The van der Waals surface area contributed by atoms with E-state index in [1.54, 1.807) is 11.0 Å². The van der Waals surface area contributed by atoms with Crippen molar-refractivity contribution in [3.8, 4) is 0 Å². The summed E-state index contributed by atoms with van der Waals surface area (Å²) in [5.41, 5.74) is 6.99. The first kappa shape index (κ1) is 13.3. The molecule has 1 aliphatic rings. The van der Waals surface area contributed by atoms with Crippen LogP contribution in [0.5, 0.6) is 0 Å². The van der Waals surface area contributed by atoms with Gasteiger partial charge in [-0.15, -0.1) is 0 Å². The third-order valence-electron chi connectivity index (χ3n) is 2.88. The van der Waals surface area contributed by atoms with Crippen LogP contribution >= 0.6 is 28.1 Å². The Morgan fingerprint density at radius 3 is 2.67 bits per heavy atom. The molecular formula is C12H14BrN3OS. The standard InChI is InChI=1S/C12H14BrN3OS/c13-8-3-4-10(9(7-8)11(14)18)15-12(17)16-5-1-2-6-16/h3-4,7H,1-2,5-6H2,(H2,14,18)(H,15,17). The van der Waals surface area contributed by atoms with Gasteiger partial charge in [0.2, 0.25) is 0 Å². The molecule has 0 aliphatic carbocycles. The molecule has 0 saturated carbocycles. The smallest absolute Gasteiger partial charge is 0.321 e. The topological polar surface area (TPSA) is 58.4 Å². The van der Waals surface area contributed by atoms with Gasteiger partial charge in [-0.05, 0) is 31.0 Å². The molecule has 0 radical (unpaired) electrons. The summed E-state index contributed by atoms with van der Waals surface area (Å²) in [7, 11) is 0. The molecule has 2 amide bonds. The molecule has 0 spiro atoms. The average molecular weight is 328 g/mol. The molecule has 0 atom stereocenters. The van der Waals surface area contributed by atoms with Crippen LogP contribution in [0.15, 0.2) is 22.7 Å². The Hall–Kier alpha value is -1.14. The van der Waals surface area contributed by atoms with Crippen LogP contribution in [-0.2, 0) is 0 Å². The van der Waals surface area contributed by atoms with Crippen LogP contribution in [-0.4, -0.2) is 29.0 Å². The highest BCUT2D eigenvalue weighted by Crippen LogP contribution is 2.22. The predicted molar refractivity (Wildman–Crippen MR) is 79.9 cm³/mol. The van der Waals surface area contributed by atoms with Gasteiger partial charge in [0, 0.05) is 23.1 Å². The molecular weight excluding hydrogens is 314 g/mol. The number of rotatable bonds is 2. The van der Waals surface area contributed by atoms with Crippen molar-refractivity contribution in [3.63, 3.8) is 0 Å². The minimum absolute atomic E-state index is 0.0904. The van der Waals surface area contributed by atoms with Gasteiger partial charge in [0.1, 0.15) is 4.99 Å². The molecule has 4 nitrogen and oxygen atoms in total. The normalized spacial score (nSPS) is 14.6. The van der Waals surface area contributed by atoms with Crippen LogP contribution in [0.4, 0.5) is 10.5 Å². The molecule has 1 aromatic rings. The minimum Gasteiger partial charge on any atom is -0.389 e. The minimum atomic E-state index is -0.0904. The van der Waals surface area contributed by atoms with E-state index in [1.807, 2.05) is 12.1 Å². The van der Waals surface area contributed by atoms with Crippen molar-refractivity contribution in [2.75, 3.05) is 18.4 Å².